The van der Waals surface area contributed by atoms with Crippen LogP contribution in [0.15, 0.2) is 18.2 Å². The highest BCUT2D eigenvalue weighted by Crippen LogP contribution is 2.26. The summed E-state index contributed by atoms with van der Waals surface area (Å²) in [5.41, 5.74) is 1.90. The van der Waals surface area contributed by atoms with Crippen LogP contribution in [0.3, 0.4) is 0 Å². The lowest BCUT2D eigenvalue weighted by Gasteiger charge is -2.27. The molecular formula is C13H15NO3. The van der Waals surface area contributed by atoms with Gasteiger partial charge in [-0.2, -0.15) is 0 Å². The van der Waals surface area contributed by atoms with Crippen LogP contribution in [-0.2, 0) is 11.2 Å². The highest BCUT2D eigenvalue weighted by atomic mass is 16.5. The van der Waals surface area contributed by atoms with Crippen molar-refractivity contribution in [2.24, 2.45) is 0 Å². The van der Waals surface area contributed by atoms with E-state index in [2.05, 4.69) is 0 Å². The first-order valence-electron chi connectivity index (χ1n) is 5.97. The van der Waals surface area contributed by atoms with Crippen LogP contribution in [0, 0.1) is 0 Å². The molecule has 0 aromatic heterocycles. The van der Waals surface area contributed by atoms with Crippen molar-refractivity contribution in [1.82, 2.24) is 4.90 Å². The Morgan fingerprint density at radius 1 is 1.18 bits per heavy atom. The van der Waals surface area contributed by atoms with Crippen LogP contribution in [0.2, 0.25) is 0 Å². The van der Waals surface area contributed by atoms with Gasteiger partial charge in [0.05, 0.1) is 19.8 Å². The first-order chi connectivity index (χ1) is 8.34. The van der Waals surface area contributed by atoms with Crippen molar-refractivity contribution in [3.8, 4) is 5.75 Å². The summed E-state index contributed by atoms with van der Waals surface area (Å²) in [4.78, 5) is 14.1. The zero-order chi connectivity index (χ0) is 11.7. The standard InChI is InChI=1S/C13H15NO3/c15-13(14-4-7-16-8-5-14)11-1-2-12-10(9-11)3-6-17-12/h1-2,9H,3-8H2. The number of rotatable bonds is 1. The second-order valence-corrected chi connectivity index (χ2v) is 4.33. The van der Waals surface area contributed by atoms with Crippen molar-refractivity contribution in [3.63, 3.8) is 0 Å². The number of benzene rings is 1. The van der Waals surface area contributed by atoms with Crippen LogP contribution in [0.5, 0.6) is 5.75 Å². The molecule has 4 heteroatoms. The van der Waals surface area contributed by atoms with Gasteiger partial charge in [-0.1, -0.05) is 0 Å². The van der Waals surface area contributed by atoms with E-state index in [1.165, 1.54) is 0 Å². The average molecular weight is 233 g/mol. The molecule has 1 saturated heterocycles. The van der Waals surface area contributed by atoms with E-state index in [1.54, 1.807) is 0 Å². The van der Waals surface area contributed by atoms with E-state index >= 15 is 0 Å². The summed E-state index contributed by atoms with van der Waals surface area (Å²) >= 11 is 0. The molecule has 3 rings (SSSR count). The fourth-order valence-corrected chi connectivity index (χ4v) is 2.27. The van der Waals surface area contributed by atoms with Gasteiger partial charge in [0, 0.05) is 25.1 Å². The minimum absolute atomic E-state index is 0.100. The van der Waals surface area contributed by atoms with Gasteiger partial charge in [-0.3, -0.25) is 4.79 Å². The Kier molecular flexibility index (Phi) is 2.73. The first-order valence-corrected chi connectivity index (χ1v) is 5.97. The normalized spacial score (nSPS) is 18.7. The van der Waals surface area contributed by atoms with Crippen molar-refractivity contribution in [2.75, 3.05) is 32.9 Å². The third-order valence-electron chi connectivity index (χ3n) is 3.23. The van der Waals surface area contributed by atoms with Gasteiger partial charge in [0.2, 0.25) is 0 Å². The number of hydrogen-bond donors (Lipinski definition) is 0. The minimum Gasteiger partial charge on any atom is -0.493 e. The lowest BCUT2D eigenvalue weighted by molar-refractivity contribution is 0.0303. The second-order valence-electron chi connectivity index (χ2n) is 4.33. The fraction of sp³-hybridized carbons (Fsp3) is 0.462. The Bertz CT molecular complexity index is 438. The van der Waals surface area contributed by atoms with E-state index in [0.717, 1.165) is 29.9 Å². The van der Waals surface area contributed by atoms with Crippen molar-refractivity contribution in [1.29, 1.82) is 0 Å². The van der Waals surface area contributed by atoms with E-state index in [1.807, 2.05) is 23.1 Å². The molecule has 2 aliphatic heterocycles. The van der Waals surface area contributed by atoms with Crippen molar-refractivity contribution < 1.29 is 14.3 Å². The summed E-state index contributed by atoms with van der Waals surface area (Å²) in [5, 5.41) is 0. The Morgan fingerprint density at radius 2 is 2.00 bits per heavy atom. The maximum Gasteiger partial charge on any atom is 0.254 e. The molecule has 0 aliphatic carbocycles. The maximum atomic E-state index is 12.2. The van der Waals surface area contributed by atoms with E-state index in [-0.39, 0.29) is 5.91 Å². The molecule has 0 N–H and O–H groups in total. The van der Waals surface area contributed by atoms with E-state index in [0.29, 0.717) is 26.3 Å². The number of morpholine rings is 1. The van der Waals surface area contributed by atoms with E-state index in [4.69, 9.17) is 9.47 Å². The van der Waals surface area contributed by atoms with E-state index in [9.17, 15) is 4.79 Å². The zero-order valence-electron chi connectivity index (χ0n) is 9.65. The van der Waals surface area contributed by atoms with Crippen LogP contribution < -0.4 is 4.74 Å². The first kappa shape index (κ1) is 10.6. The third-order valence-corrected chi connectivity index (χ3v) is 3.23. The van der Waals surface area contributed by atoms with Gasteiger partial charge < -0.3 is 14.4 Å². The Hall–Kier alpha value is -1.55. The number of carbonyl (C=O) groups is 1. The zero-order valence-corrected chi connectivity index (χ0v) is 9.65. The molecule has 1 aromatic carbocycles. The van der Waals surface area contributed by atoms with Gasteiger partial charge in [0.25, 0.3) is 5.91 Å². The molecule has 1 aromatic rings. The molecule has 90 valence electrons. The predicted octanol–water partition coefficient (Wildman–Crippen LogP) is 1.09. The molecule has 0 spiro atoms. The topological polar surface area (TPSA) is 38.8 Å². The molecule has 0 unspecified atom stereocenters. The minimum atomic E-state index is 0.100. The summed E-state index contributed by atoms with van der Waals surface area (Å²) in [6.45, 7) is 3.38. The maximum absolute atomic E-state index is 12.2. The lowest BCUT2D eigenvalue weighted by atomic mass is 10.1. The molecule has 0 atom stereocenters. The predicted molar refractivity (Wildman–Crippen MR) is 62.4 cm³/mol. The van der Waals surface area contributed by atoms with Gasteiger partial charge in [-0.25, -0.2) is 0 Å². The van der Waals surface area contributed by atoms with Crippen LogP contribution >= 0.6 is 0 Å². The largest absolute Gasteiger partial charge is 0.493 e. The van der Waals surface area contributed by atoms with Crippen LogP contribution in [0.4, 0.5) is 0 Å². The van der Waals surface area contributed by atoms with Gasteiger partial charge in [0.15, 0.2) is 0 Å². The number of nitrogens with zero attached hydrogens (tertiary/aromatic N) is 1. The van der Waals surface area contributed by atoms with Crippen molar-refractivity contribution in [2.45, 2.75) is 6.42 Å². The SMILES string of the molecule is O=C(c1ccc2c(c1)CCO2)N1CCOCC1. The second kappa shape index (κ2) is 4.37. The highest BCUT2D eigenvalue weighted by molar-refractivity contribution is 5.94. The molecule has 2 aliphatic rings. The number of carbonyl (C=O) groups excluding carboxylic acids is 1. The molecular weight excluding hydrogens is 218 g/mol. The smallest absolute Gasteiger partial charge is 0.254 e. The van der Waals surface area contributed by atoms with Gasteiger partial charge >= 0.3 is 0 Å². The summed E-state index contributed by atoms with van der Waals surface area (Å²) in [6.07, 6.45) is 0.902. The molecule has 0 radical (unpaired) electrons. The fourth-order valence-electron chi connectivity index (χ4n) is 2.27. The molecule has 4 nitrogen and oxygen atoms in total. The summed E-state index contributed by atoms with van der Waals surface area (Å²) in [7, 11) is 0. The highest BCUT2D eigenvalue weighted by Gasteiger charge is 2.20. The van der Waals surface area contributed by atoms with E-state index < -0.39 is 0 Å². The number of fused-ring (bicyclic) bond motifs is 1. The molecule has 17 heavy (non-hydrogen) atoms. The molecule has 2 heterocycles. The van der Waals surface area contributed by atoms with Crippen LogP contribution in [0.25, 0.3) is 0 Å². The van der Waals surface area contributed by atoms with Crippen LogP contribution in [-0.4, -0.2) is 43.7 Å². The van der Waals surface area contributed by atoms with Crippen molar-refractivity contribution >= 4 is 5.91 Å². The quantitative estimate of drug-likeness (QED) is 0.729. The number of hydrogen-bond acceptors (Lipinski definition) is 3. The Labute approximate surface area is 100 Å². The monoisotopic (exact) mass is 233 g/mol. The van der Waals surface area contributed by atoms with Crippen molar-refractivity contribution in [3.05, 3.63) is 29.3 Å². The van der Waals surface area contributed by atoms with Gasteiger partial charge in [0.1, 0.15) is 5.75 Å². The number of ether oxygens (including phenoxy) is 2. The molecule has 1 amide bonds. The Morgan fingerprint density at radius 3 is 2.82 bits per heavy atom. The number of amides is 1. The summed E-state index contributed by atoms with van der Waals surface area (Å²) < 4.78 is 10.7. The molecule has 0 bridgehead atoms. The molecule has 0 saturated carbocycles. The third kappa shape index (κ3) is 2.00. The van der Waals surface area contributed by atoms with Crippen LogP contribution in [0.1, 0.15) is 15.9 Å². The lowest BCUT2D eigenvalue weighted by Crippen LogP contribution is -2.40. The van der Waals surface area contributed by atoms with Gasteiger partial charge in [-0.05, 0) is 23.8 Å². The summed E-state index contributed by atoms with van der Waals surface area (Å²) in [5.74, 6) is 1.02. The summed E-state index contributed by atoms with van der Waals surface area (Å²) in [6, 6.07) is 5.71. The van der Waals surface area contributed by atoms with Gasteiger partial charge in [-0.15, -0.1) is 0 Å². The average Bonchev–Trinajstić information content (AvgIpc) is 2.86. The molecule has 1 fully saturated rings. The Balaban J connectivity index is 1.81.